The van der Waals surface area contributed by atoms with E-state index in [1.165, 1.54) is 28.5 Å². The van der Waals surface area contributed by atoms with E-state index in [2.05, 4.69) is 10.3 Å². The van der Waals surface area contributed by atoms with Crippen LogP contribution in [0.5, 0.6) is 0 Å². The molecule has 1 amide bonds. The van der Waals surface area contributed by atoms with Crippen molar-refractivity contribution in [3.8, 4) is 5.69 Å². The molecule has 0 radical (unpaired) electrons. The van der Waals surface area contributed by atoms with Crippen LogP contribution in [-0.4, -0.2) is 26.5 Å². The van der Waals surface area contributed by atoms with Gasteiger partial charge in [-0.2, -0.15) is 13.2 Å². The molecule has 166 valence electrons. The molecular formula is C22H18F3N3O2S2. The lowest BCUT2D eigenvalue weighted by molar-refractivity contribution is -0.137. The lowest BCUT2D eigenvalue weighted by Gasteiger charge is -2.14. The Labute approximate surface area is 190 Å². The van der Waals surface area contributed by atoms with Crippen LogP contribution in [0, 0.1) is 0 Å². The molecule has 1 aliphatic rings. The summed E-state index contributed by atoms with van der Waals surface area (Å²) in [5, 5.41) is 3.23. The molecule has 5 nitrogen and oxygen atoms in total. The average molecular weight is 478 g/mol. The minimum Gasteiger partial charge on any atom is -0.325 e. The van der Waals surface area contributed by atoms with Crippen molar-refractivity contribution in [3.05, 3.63) is 76.2 Å². The average Bonchev–Trinajstić information content (AvgIpc) is 3.13. The van der Waals surface area contributed by atoms with Gasteiger partial charge in [0.15, 0.2) is 5.16 Å². The zero-order valence-electron chi connectivity index (χ0n) is 16.8. The van der Waals surface area contributed by atoms with Crippen LogP contribution in [0.25, 0.3) is 5.69 Å². The predicted octanol–water partition coefficient (Wildman–Crippen LogP) is 5.02. The fraction of sp³-hybridized carbons (Fsp3) is 0.227. The molecule has 0 saturated carbocycles. The maximum atomic E-state index is 13.2. The van der Waals surface area contributed by atoms with E-state index in [9.17, 15) is 22.8 Å². The number of carbonyl (C=O) groups is 1. The molecule has 3 aromatic rings. The number of halogens is 3. The second-order valence-electron chi connectivity index (χ2n) is 7.19. The van der Waals surface area contributed by atoms with Crippen molar-refractivity contribution >= 4 is 35.1 Å². The monoisotopic (exact) mass is 477 g/mol. The number of hydrogen-bond acceptors (Lipinski definition) is 5. The fourth-order valence-corrected chi connectivity index (χ4v) is 5.20. The van der Waals surface area contributed by atoms with E-state index in [-0.39, 0.29) is 22.2 Å². The van der Waals surface area contributed by atoms with E-state index in [0.717, 1.165) is 29.6 Å². The van der Waals surface area contributed by atoms with Gasteiger partial charge >= 0.3 is 6.18 Å². The number of nitrogens with one attached hydrogen (secondary N) is 1. The number of thioether (sulfide) groups is 2. The highest BCUT2D eigenvalue weighted by Gasteiger charge is 2.30. The summed E-state index contributed by atoms with van der Waals surface area (Å²) in [7, 11) is 0. The molecule has 1 unspecified atom stereocenters. The van der Waals surface area contributed by atoms with Crippen LogP contribution in [0.2, 0.25) is 0 Å². The first-order chi connectivity index (χ1) is 15.2. The Bertz CT molecular complexity index is 1200. The van der Waals surface area contributed by atoms with Gasteiger partial charge < -0.3 is 5.32 Å². The molecule has 0 saturated heterocycles. The summed E-state index contributed by atoms with van der Waals surface area (Å²) < 4.78 is 39.6. The summed E-state index contributed by atoms with van der Waals surface area (Å²) in [6.45, 7) is 2.03. The molecule has 4 rings (SSSR count). The number of amides is 1. The summed E-state index contributed by atoms with van der Waals surface area (Å²) in [6.07, 6.45) is -3.76. The Morgan fingerprint density at radius 1 is 1.19 bits per heavy atom. The molecule has 1 atom stereocenters. The third-order valence-electron chi connectivity index (χ3n) is 4.72. The quantitative estimate of drug-likeness (QED) is 0.413. The Hall–Kier alpha value is -2.72. The van der Waals surface area contributed by atoms with Crippen LogP contribution in [-0.2, 0) is 17.4 Å². The maximum Gasteiger partial charge on any atom is 0.416 e. The minimum absolute atomic E-state index is 0.0538. The fourth-order valence-electron chi connectivity index (χ4n) is 3.27. The predicted molar refractivity (Wildman–Crippen MR) is 120 cm³/mol. The SMILES string of the molecule is CC1Cc2nc(SCC(=O)Nc3ccc(C(F)(F)F)cc3)n(-c3ccccc3)c(=O)c2S1. The van der Waals surface area contributed by atoms with E-state index in [1.54, 1.807) is 12.1 Å². The van der Waals surface area contributed by atoms with Crippen LogP contribution in [0.4, 0.5) is 18.9 Å². The van der Waals surface area contributed by atoms with Crippen LogP contribution in [0.1, 0.15) is 18.2 Å². The number of nitrogens with zero attached hydrogens (tertiary/aromatic N) is 2. The van der Waals surface area contributed by atoms with Crippen molar-refractivity contribution < 1.29 is 18.0 Å². The second-order valence-corrected chi connectivity index (χ2v) is 9.58. The lowest BCUT2D eigenvalue weighted by Crippen LogP contribution is -2.24. The van der Waals surface area contributed by atoms with Crippen molar-refractivity contribution in [2.45, 2.75) is 34.8 Å². The summed E-state index contributed by atoms with van der Waals surface area (Å²) in [4.78, 5) is 30.9. The number of fused-ring (bicyclic) bond motifs is 1. The topological polar surface area (TPSA) is 64.0 Å². The van der Waals surface area contributed by atoms with Crippen molar-refractivity contribution in [1.82, 2.24) is 9.55 Å². The molecule has 0 fully saturated rings. The van der Waals surface area contributed by atoms with E-state index in [0.29, 0.717) is 22.2 Å². The molecule has 0 aliphatic carbocycles. The number of benzene rings is 2. The Balaban J connectivity index is 1.54. The summed E-state index contributed by atoms with van der Waals surface area (Å²) in [5.74, 6) is -0.464. The Morgan fingerprint density at radius 3 is 2.53 bits per heavy atom. The first-order valence-electron chi connectivity index (χ1n) is 9.70. The third-order valence-corrected chi connectivity index (χ3v) is 6.88. The highest BCUT2D eigenvalue weighted by molar-refractivity contribution is 8.00. The smallest absolute Gasteiger partial charge is 0.325 e. The maximum absolute atomic E-state index is 13.2. The molecule has 1 aromatic heterocycles. The van der Waals surface area contributed by atoms with E-state index in [1.807, 2.05) is 25.1 Å². The molecule has 2 heterocycles. The second kappa shape index (κ2) is 9.03. The van der Waals surface area contributed by atoms with Gasteiger partial charge in [0.25, 0.3) is 5.56 Å². The summed E-state index contributed by atoms with van der Waals surface area (Å²) in [5.41, 5.74) is 0.688. The van der Waals surface area contributed by atoms with Gasteiger partial charge in [-0.15, -0.1) is 11.8 Å². The van der Waals surface area contributed by atoms with Gasteiger partial charge in [0, 0.05) is 17.4 Å². The number of alkyl halides is 3. The van der Waals surface area contributed by atoms with Gasteiger partial charge in [-0.05, 0) is 36.4 Å². The molecule has 0 spiro atoms. The summed E-state index contributed by atoms with van der Waals surface area (Å²) >= 11 is 2.61. The van der Waals surface area contributed by atoms with Gasteiger partial charge in [-0.1, -0.05) is 36.9 Å². The highest BCUT2D eigenvalue weighted by Crippen LogP contribution is 2.35. The molecule has 10 heteroatoms. The van der Waals surface area contributed by atoms with Crippen molar-refractivity contribution in [3.63, 3.8) is 0 Å². The summed E-state index contributed by atoms with van der Waals surface area (Å²) in [6, 6.07) is 13.3. The van der Waals surface area contributed by atoms with Gasteiger partial charge in [-0.3, -0.25) is 14.2 Å². The van der Waals surface area contributed by atoms with Crippen LogP contribution in [0.3, 0.4) is 0 Å². The van der Waals surface area contributed by atoms with E-state index in [4.69, 9.17) is 0 Å². The molecule has 1 aliphatic heterocycles. The zero-order valence-corrected chi connectivity index (χ0v) is 18.5. The van der Waals surface area contributed by atoms with Crippen molar-refractivity contribution in [2.24, 2.45) is 0 Å². The number of carbonyl (C=O) groups excluding carboxylic acids is 1. The van der Waals surface area contributed by atoms with Gasteiger partial charge in [-0.25, -0.2) is 4.98 Å². The first-order valence-corrected chi connectivity index (χ1v) is 11.6. The first kappa shape index (κ1) is 22.5. The molecule has 1 N–H and O–H groups in total. The van der Waals surface area contributed by atoms with Crippen LogP contribution in [0.15, 0.2) is 69.4 Å². The number of anilines is 1. The third kappa shape index (κ3) is 4.86. The van der Waals surface area contributed by atoms with Gasteiger partial charge in [0.1, 0.15) is 0 Å². The minimum atomic E-state index is -4.44. The van der Waals surface area contributed by atoms with Crippen LogP contribution >= 0.6 is 23.5 Å². The molecule has 2 aromatic carbocycles. The zero-order chi connectivity index (χ0) is 22.9. The Kier molecular flexibility index (Phi) is 6.34. The molecule has 0 bridgehead atoms. The van der Waals surface area contributed by atoms with Gasteiger partial charge in [0.05, 0.1) is 27.6 Å². The normalized spacial score (nSPS) is 15.4. The molecular weight excluding hydrogens is 459 g/mol. The van der Waals surface area contributed by atoms with E-state index < -0.39 is 17.6 Å². The number of rotatable bonds is 5. The number of aromatic nitrogens is 2. The van der Waals surface area contributed by atoms with Crippen LogP contribution < -0.4 is 10.9 Å². The van der Waals surface area contributed by atoms with Gasteiger partial charge in [0.2, 0.25) is 5.91 Å². The van der Waals surface area contributed by atoms with Crippen molar-refractivity contribution in [1.29, 1.82) is 0 Å². The highest BCUT2D eigenvalue weighted by atomic mass is 32.2. The number of hydrogen-bond donors (Lipinski definition) is 1. The van der Waals surface area contributed by atoms with E-state index >= 15 is 0 Å². The lowest BCUT2D eigenvalue weighted by atomic mass is 10.2. The van der Waals surface area contributed by atoms with Crippen molar-refractivity contribution in [2.75, 3.05) is 11.1 Å². The largest absolute Gasteiger partial charge is 0.416 e. The molecule has 32 heavy (non-hydrogen) atoms. The number of para-hydroxylation sites is 1. The Morgan fingerprint density at radius 2 is 1.88 bits per heavy atom. The standard InChI is InChI=1S/C22H18F3N3O2S2/c1-13-11-17-19(32-13)20(30)28(16-5-3-2-4-6-16)21(27-17)31-12-18(29)26-15-9-7-14(8-10-15)22(23,24)25/h2-10,13H,11-12H2,1H3,(H,26,29).